The Kier molecular flexibility index (Phi) is 6.86. The molecule has 0 unspecified atom stereocenters. The van der Waals surface area contributed by atoms with E-state index in [1.165, 1.54) is 13.0 Å². The molecule has 2 aromatic carbocycles. The van der Waals surface area contributed by atoms with Gasteiger partial charge in [-0.2, -0.15) is 0 Å². The number of amides is 1. The first-order chi connectivity index (χ1) is 12.4. The molecule has 0 aromatic heterocycles. The fraction of sp³-hybridized carbons (Fsp3) is 0.211. The van der Waals surface area contributed by atoms with Gasteiger partial charge in [0.1, 0.15) is 5.82 Å². The van der Waals surface area contributed by atoms with Crippen LogP contribution in [0.5, 0.6) is 0 Å². The molecule has 2 aromatic rings. The van der Waals surface area contributed by atoms with Crippen LogP contribution in [0.15, 0.2) is 48.5 Å². The van der Waals surface area contributed by atoms with Crippen molar-refractivity contribution in [3.05, 3.63) is 70.5 Å². The molecule has 1 atom stereocenters. The normalized spacial score (nSPS) is 11.5. The third-order valence-electron chi connectivity index (χ3n) is 3.59. The lowest BCUT2D eigenvalue weighted by Crippen LogP contribution is -2.43. The molecular formula is C19H17ClFNO4. The maximum Gasteiger partial charge on any atom is 0.341 e. The number of carbonyl (C=O) groups is 3. The first-order valence-corrected chi connectivity index (χ1v) is 8.20. The van der Waals surface area contributed by atoms with Crippen molar-refractivity contribution in [3.8, 4) is 0 Å². The van der Waals surface area contributed by atoms with E-state index in [0.29, 0.717) is 6.42 Å². The van der Waals surface area contributed by atoms with Gasteiger partial charge >= 0.3 is 5.97 Å². The molecule has 0 aliphatic heterocycles. The summed E-state index contributed by atoms with van der Waals surface area (Å²) in [4.78, 5) is 35.6. The molecule has 5 nitrogen and oxygen atoms in total. The molecule has 0 saturated heterocycles. The van der Waals surface area contributed by atoms with Crippen molar-refractivity contribution < 1.29 is 23.5 Å². The van der Waals surface area contributed by atoms with Crippen LogP contribution in [-0.4, -0.2) is 30.3 Å². The van der Waals surface area contributed by atoms with Crippen LogP contribution in [0.1, 0.15) is 22.8 Å². The third kappa shape index (κ3) is 5.67. The molecule has 0 radical (unpaired) electrons. The van der Waals surface area contributed by atoms with Gasteiger partial charge in [0.25, 0.3) is 5.91 Å². The number of ketones is 1. The molecule has 26 heavy (non-hydrogen) atoms. The van der Waals surface area contributed by atoms with Crippen LogP contribution in [0, 0.1) is 5.82 Å². The number of carbonyl (C=O) groups excluding carboxylic acids is 3. The van der Waals surface area contributed by atoms with Crippen molar-refractivity contribution in [1.82, 2.24) is 5.32 Å². The average molecular weight is 378 g/mol. The number of ether oxygens (including phenoxy) is 1. The second-order valence-corrected chi connectivity index (χ2v) is 6.06. The molecular weight excluding hydrogens is 361 g/mol. The molecule has 0 fully saturated rings. The van der Waals surface area contributed by atoms with Crippen molar-refractivity contribution in [2.24, 2.45) is 0 Å². The predicted molar refractivity (Wildman–Crippen MR) is 94.5 cm³/mol. The van der Waals surface area contributed by atoms with Gasteiger partial charge in [0.05, 0.1) is 11.6 Å². The van der Waals surface area contributed by atoms with Gasteiger partial charge in [0, 0.05) is 5.02 Å². The molecule has 136 valence electrons. The highest BCUT2D eigenvalue weighted by molar-refractivity contribution is 6.30. The van der Waals surface area contributed by atoms with Crippen LogP contribution in [0.3, 0.4) is 0 Å². The van der Waals surface area contributed by atoms with Gasteiger partial charge in [-0.25, -0.2) is 9.18 Å². The van der Waals surface area contributed by atoms with Crippen LogP contribution < -0.4 is 5.32 Å². The number of hydrogen-bond donors (Lipinski definition) is 1. The van der Waals surface area contributed by atoms with E-state index in [0.717, 1.165) is 17.7 Å². The Labute approximate surface area is 155 Å². The van der Waals surface area contributed by atoms with E-state index in [1.54, 1.807) is 0 Å². The fourth-order valence-electron chi connectivity index (χ4n) is 2.24. The van der Waals surface area contributed by atoms with E-state index >= 15 is 0 Å². The van der Waals surface area contributed by atoms with Crippen molar-refractivity contribution in [3.63, 3.8) is 0 Å². The zero-order chi connectivity index (χ0) is 19.1. The summed E-state index contributed by atoms with van der Waals surface area (Å²) in [6.45, 7) is 0.727. The Bertz CT molecular complexity index is 810. The lowest BCUT2D eigenvalue weighted by atomic mass is 10.0. The first kappa shape index (κ1) is 19.6. The van der Waals surface area contributed by atoms with Crippen molar-refractivity contribution in [1.29, 1.82) is 0 Å². The number of rotatable bonds is 7. The van der Waals surface area contributed by atoms with Gasteiger partial charge in [-0.05, 0) is 37.1 Å². The number of halogens is 2. The van der Waals surface area contributed by atoms with Gasteiger partial charge in [-0.3, -0.25) is 9.59 Å². The minimum absolute atomic E-state index is 0.169. The second-order valence-electron chi connectivity index (χ2n) is 5.62. The Morgan fingerprint density at radius 2 is 1.85 bits per heavy atom. The Morgan fingerprint density at radius 3 is 2.50 bits per heavy atom. The second kappa shape index (κ2) is 9.10. The summed E-state index contributed by atoms with van der Waals surface area (Å²) in [7, 11) is 0. The average Bonchev–Trinajstić information content (AvgIpc) is 2.62. The van der Waals surface area contributed by atoms with Crippen molar-refractivity contribution in [2.45, 2.75) is 19.4 Å². The standard InChI is InChI=1S/C19H17ClFNO4/c1-12(23)17(9-13-5-3-2-4-6-13)22-18(24)11-26-19(25)15-10-14(20)7-8-16(15)21/h2-8,10,17H,9,11H2,1H3,(H,22,24)/t17-/m0/s1. The zero-order valence-corrected chi connectivity index (χ0v) is 14.8. The van der Waals surface area contributed by atoms with Gasteiger partial charge in [0.2, 0.25) is 0 Å². The maximum absolute atomic E-state index is 13.6. The SMILES string of the molecule is CC(=O)[C@H](Cc1ccccc1)NC(=O)COC(=O)c1cc(Cl)ccc1F. The smallest absolute Gasteiger partial charge is 0.341 e. The van der Waals surface area contributed by atoms with Crippen LogP contribution in [0.25, 0.3) is 0 Å². The fourth-order valence-corrected chi connectivity index (χ4v) is 2.42. The van der Waals surface area contributed by atoms with E-state index in [9.17, 15) is 18.8 Å². The van der Waals surface area contributed by atoms with Crippen LogP contribution >= 0.6 is 11.6 Å². The molecule has 0 aliphatic carbocycles. The van der Waals surface area contributed by atoms with Gasteiger partial charge < -0.3 is 10.1 Å². The number of Topliss-reactive ketones (excluding diaryl/α,β-unsaturated/α-hetero) is 1. The molecule has 7 heteroatoms. The highest BCUT2D eigenvalue weighted by Crippen LogP contribution is 2.15. The van der Waals surface area contributed by atoms with Crippen molar-refractivity contribution >= 4 is 29.3 Å². The lowest BCUT2D eigenvalue weighted by molar-refractivity contribution is -0.128. The summed E-state index contributed by atoms with van der Waals surface area (Å²) in [6, 6.07) is 11.9. The van der Waals surface area contributed by atoms with Gasteiger partial charge in [0.15, 0.2) is 12.4 Å². The summed E-state index contributed by atoms with van der Waals surface area (Å²) in [5, 5.41) is 2.68. The summed E-state index contributed by atoms with van der Waals surface area (Å²) in [5.74, 6) is -2.69. The monoisotopic (exact) mass is 377 g/mol. The number of esters is 1. The predicted octanol–water partition coefficient (Wildman–Crippen LogP) is 2.95. The van der Waals surface area contributed by atoms with Crippen LogP contribution in [0.2, 0.25) is 5.02 Å². The minimum Gasteiger partial charge on any atom is -0.452 e. The Hall–Kier alpha value is -2.73. The summed E-state index contributed by atoms with van der Waals surface area (Å²) in [6.07, 6.45) is 0.318. The van der Waals surface area contributed by atoms with E-state index in [-0.39, 0.29) is 16.4 Å². The van der Waals surface area contributed by atoms with E-state index in [4.69, 9.17) is 16.3 Å². The summed E-state index contributed by atoms with van der Waals surface area (Å²) in [5.41, 5.74) is 0.517. The zero-order valence-electron chi connectivity index (χ0n) is 14.0. The highest BCUT2D eigenvalue weighted by atomic mass is 35.5. The maximum atomic E-state index is 13.6. The quantitative estimate of drug-likeness (QED) is 0.753. The van der Waals surface area contributed by atoms with Crippen LogP contribution in [0.4, 0.5) is 4.39 Å². The molecule has 0 saturated carbocycles. The van der Waals surface area contributed by atoms with Crippen molar-refractivity contribution in [2.75, 3.05) is 6.61 Å². The molecule has 1 amide bonds. The number of nitrogens with one attached hydrogen (secondary N) is 1. The Morgan fingerprint density at radius 1 is 1.15 bits per heavy atom. The summed E-state index contributed by atoms with van der Waals surface area (Å²) >= 11 is 5.71. The number of hydrogen-bond acceptors (Lipinski definition) is 4. The third-order valence-corrected chi connectivity index (χ3v) is 3.83. The largest absolute Gasteiger partial charge is 0.452 e. The van der Waals surface area contributed by atoms with Gasteiger partial charge in [-0.15, -0.1) is 0 Å². The van der Waals surface area contributed by atoms with E-state index in [1.807, 2.05) is 30.3 Å². The molecule has 1 N–H and O–H groups in total. The molecule has 0 spiro atoms. The summed E-state index contributed by atoms with van der Waals surface area (Å²) < 4.78 is 18.4. The first-order valence-electron chi connectivity index (χ1n) is 7.82. The minimum atomic E-state index is -1.01. The molecule has 2 rings (SSSR count). The van der Waals surface area contributed by atoms with Crippen LogP contribution in [-0.2, 0) is 20.7 Å². The molecule has 0 bridgehead atoms. The molecule has 0 aliphatic rings. The lowest BCUT2D eigenvalue weighted by Gasteiger charge is -2.16. The highest BCUT2D eigenvalue weighted by Gasteiger charge is 2.20. The van der Waals surface area contributed by atoms with E-state index in [2.05, 4.69) is 5.32 Å². The molecule has 0 heterocycles. The van der Waals surface area contributed by atoms with E-state index < -0.39 is 30.3 Å². The Balaban J connectivity index is 1.92. The topological polar surface area (TPSA) is 72.5 Å². The van der Waals surface area contributed by atoms with Gasteiger partial charge in [-0.1, -0.05) is 41.9 Å². The number of benzene rings is 2.